The fourth-order valence-electron chi connectivity index (χ4n) is 3.57. The molecule has 0 aliphatic heterocycles. The predicted molar refractivity (Wildman–Crippen MR) is 103 cm³/mol. The van der Waals surface area contributed by atoms with E-state index in [-0.39, 0.29) is 30.5 Å². The fraction of sp³-hybridized carbons (Fsp3) is 0.714. The Morgan fingerprint density at radius 2 is 2.00 bits per heavy atom. The summed E-state index contributed by atoms with van der Waals surface area (Å²) >= 11 is 0. The Labute approximate surface area is 161 Å². The number of aliphatic carboxylic acids is 1. The topological polar surface area (TPSA) is 115 Å². The lowest BCUT2D eigenvalue weighted by Gasteiger charge is -2.18. The highest BCUT2D eigenvalue weighted by Crippen LogP contribution is 2.34. The van der Waals surface area contributed by atoms with Crippen LogP contribution >= 0.6 is 0 Å². The van der Waals surface area contributed by atoms with Gasteiger partial charge in [0.25, 0.3) is 0 Å². The van der Waals surface area contributed by atoms with E-state index >= 15 is 0 Å². The van der Waals surface area contributed by atoms with E-state index in [1.54, 1.807) is 18.2 Å². The second-order valence-corrected chi connectivity index (χ2v) is 7.43. The van der Waals surface area contributed by atoms with Crippen molar-refractivity contribution in [3.63, 3.8) is 0 Å². The van der Waals surface area contributed by atoms with Gasteiger partial charge >= 0.3 is 5.97 Å². The van der Waals surface area contributed by atoms with Gasteiger partial charge in [0.2, 0.25) is 0 Å². The van der Waals surface area contributed by atoms with Gasteiger partial charge in [0.1, 0.15) is 5.78 Å². The van der Waals surface area contributed by atoms with Crippen molar-refractivity contribution >= 4 is 11.8 Å². The molecule has 0 amide bonds. The molecule has 5 atom stereocenters. The van der Waals surface area contributed by atoms with E-state index in [2.05, 4.69) is 0 Å². The van der Waals surface area contributed by atoms with Gasteiger partial charge in [0, 0.05) is 30.8 Å². The van der Waals surface area contributed by atoms with Crippen LogP contribution in [-0.4, -0.2) is 50.5 Å². The number of aliphatic hydroxyl groups excluding tert-OH is 3. The van der Waals surface area contributed by atoms with Crippen molar-refractivity contribution in [1.82, 2.24) is 0 Å². The second-order valence-electron chi connectivity index (χ2n) is 7.43. The monoisotopic (exact) mass is 382 g/mol. The first kappa shape index (κ1) is 23.5. The van der Waals surface area contributed by atoms with Crippen LogP contribution in [0, 0.1) is 11.8 Å². The number of carboxylic acid groups (broad SMARTS) is 1. The lowest BCUT2D eigenvalue weighted by molar-refractivity contribution is -0.131. The summed E-state index contributed by atoms with van der Waals surface area (Å²) in [6.45, 7) is 2.05. The Kier molecular flexibility index (Phi) is 11.2. The number of carbonyl (C=O) groups is 2. The third-order valence-corrected chi connectivity index (χ3v) is 5.09. The number of carboxylic acids is 1. The third kappa shape index (κ3) is 9.31. The van der Waals surface area contributed by atoms with Gasteiger partial charge in [0.15, 0.2) is 0 Å². The van der Waals surface area contributed by atoms with Crippen LogP contribution in [0.25, 0.3) is 0 Å². The maximum atomic E-state index is 12.2. The molecule has 0 heterocycles. The van der Waals surface area contributed by atoms with Crippen molar-refractivity contribution in [2.45, 2.75) is 83.0 Å². The first-order chi connectivity index (χ1) is 12.8. The second kappa shape index (κ2) is 12.8. The highest BCUT2D eigenvalue weighted by molar-refractivity contribution is 5.84. The van der Waals surface area contributed by atoms with E-state index in [0.29, 0.717) is 19.3 Å². The van der Waals surface area contributed by atoms with Gasteiger partial charge in [-0.3, -0.25) is 4.79 Å². The SMILES string of the molecule is CCCC[C@H](O)C[C@H](O)C=C[C@H]1[C@H](O)CC(=O)[C@@H]1CCCCC=CC(=O)O. The van der Waals surface area contributed by atoms with Crippen molar-refractivity contribution < 1.29 is 30.0 Å². The molecule has 1 aliphatic rings. The standard InChI is InChI=1S/C21H34O6/c1-2-3-8-15(22)13-16(23)11-12-18-17(19(24)14-20(18)25)9-6-4-5-7-10-21(26)27/h7,10-12,15-18,20,22-23,25H,2-6,8-9,13-14H2,1H3,(H,26,27)/t15-,16+,17+,18+,20+/m0/s1. The van der Waals surface area contributed by atoms with E-state index in [4.69, 9.17) is 5.11 Å². The third-order valence-electron chi connectivity index (χ3n) is 5.09. The number of hydrogen-bond acceptors (Lipinski definition) is 5. The molecular weight excluding hydrogens is 348 g/mol. The van der Waals surface area contributed by atoms with Crippen LogP contribution < -0.4 is 0 Å². The van der Waals surface area contributed by atoms with E-state index in [1.165, 1.54) is 0 Å². The van der Waals surface area contributed by atoms with Crippen LogP contribution in [0.5, 0.6) is 0 Å². The Bertz CT molecular complexity index is 513. The summed E-state index contributed by atoms with van der Waals surface area (Å²) in [6.07, 6.45) is 9.76. The normalized spacial score (nSPS) is 25.5. The summed E-state index contributed by atoms with van der Waals surface area (Å²) in [7, 11) is 0. The van der Waals surface area contributed by atoms with Crippen molar-refractivity contribution in [1.29, 1.82) is 0 Å². The minimum absolute atomic E-state index is 0.0377. The van der Waals surface area contributed by atoms with E-state index in [0.717, 1.165) is 31.8 Å². The number of ketones is 1. The van der Waals surface area contributed by atoms with Crippen molar-refractivity contribution in [2.24, 2.45) is 11.8 Å². The molecule has 0 aromatic carbocycles. The summed E-state index contributed by atoms with van der Waals surface area (Å²) in [5.74, 6) is -1.50. The Hall–Kier alpha value is -1.50. The molecule has 154 valence electrons. The molecule has 1 saturated carbocycles. The summed E-state index contributed by atoms with van der Waals surface area (Å²) in [4.78, 5) is 22.6. The zero-order chi connectivity index (χ0) is 20.2. The van der Waals surface area contributed by atoms with Crippen LogP contribution in [0.1, 0.15) is 64.7 Å². The van der Waals surface area contributed by atoms with Gasteiger partial charge in [0.05, 0.1) is 18.3 Å². The molecule has 0 unspecified atom stereocenters. The lowest BCUT2D eigenvalue weighted by Crippen LogP contribution is -2.20. The zero-order valence-electron chi connectivity index (χ0n) is 16.2. The fourth-order valence-corrected chi connectivity index (χ4v) is 3.57. The van der Waals surface area contributed by atoms with Crippen LogP contribution in [0.3, 0.4) is 0 Å². The van der Waals surface area contributed by atoms with Gasteiger partial charge in [-0.2, -0.15) is 0 Å². The molecule has 4 N–H and O–H groups in total. The van der Waals surface area contributed by atoms with Crippen LogP contribution in [0.4, 0.5) is 0 Å². The van der Waals surface area contributed by atoms with E-state index < -0.39 is 24.3 Å². The molecule has 6 nitrogen and oxygen atoms in total. The average Bonchev–Trinajstić information content (AvgIpc) is 2.87. The number of carbonyl (C=O) groups excluding carboxylic acids is 1. The largest absolute Gasteiger partial charge is 0.478 e. The first-order valence-electron chi connectivity index (χ1n) is 9.99. The highest BCUT2D eigenvalue weighted by Gasteiger charge is 2.39. The molecule has 0 radical (unpaired) electrons. The smallest absolute Gasteiger partial charge is 0.327 e. The molecule has 0 spiro atoms. The van der Waals surface area contributed by atoms with E-state index in [9.17, 15) is 24.9 Å². The van der Waals surface area contributed by atoms with Crippen LogP contribution in [0.15, 0.2) is 24.3 Å². The predicted octanol–water partition coefficient (Wildman–Crippen LogP) is 2.61. The Morgan fingerprint density at radius 3 is 2.67 bits per heavy atom. The van der Waals surface area contributed by atoms with Crippen LogP contribution in [0.2, 0.25) is 0 Å². The molecule has 27 heavy (non-hydrogen) atoms. The molecule has 1 fully saturated rings. The number of aliphatic hydroxyl groups is 3. The van der Waals surface area contributed by atoms with Gasteiger partial charge < -0.3 is 20.4 Å². The Morgan fingerprint density at radius 1 is 1.26 bits per heavy atom. The lowest BCUT2D eigenvalue weighted by atomic mass is 9.88. The van der Waals surface area contributed by atoms with Crippen molar-refractivity contribution in [2.75, 3.05) is 0 Å². The van der Waals surface area contributed by atoms with Gasteiger partial charge in [-0.1, -0.05) is 44.4 Å². The summed E-state index contributed by atoms with van der Waals surface area (Å²) in [5.41, 5.74) is 0. The quantitative estimate of drug-likeness (QED) is 0.221. The van der Waals surface area contributed by atoms with Gasteiger partial charge in [-0.15, -0.1) is 0 Å². The average molecular weight is 382 g/mol. The molecule has 0 bridgehead atoms. The molecule has 0 aromatic heterocycles. The zero-order valence-corrected chi connectivity index (χ0v) is 16.2. The molecule has 1 aliphatic carbocycles. The van der Waals surface area contributed by atoms with Crippen molar-refractivity contribution in [3.05, 3.63) is 24.3 Å². The Balaban J connectivity index is 2.47. The number of rotatable bonds is 13. The van der Waals surface area contributed by atoms with E-state index in [1.807, 2.05) is 6.92 Å². The maximum Gasteiger partial charge on any atom is 0.327 e. The molecule has 0 aromatic rings. The molecule has 1 rings (SSSR count). The summed E-state index contributed by atoms with van der Waals surface area (Å²) < 4.78 is 0. The van der Waals surface area contributed by atoms with Gasteiger partial charge in [-0.25, -0.2) is 4.79 Å². The summed E-state index contributed by atoms with van der Waals surface area (Å²) in [5, 5.41) is 38.6. The minimum Gasteiger partial charge on any atom is -0.478 e. The first-order valence-corrected chi connectivity index (χ1v) is 9.99. The van der Waals surface area contributed by atoms with Crippen LogP contribution in [-0.2, 0) is 9.59 Å². The number of allylic oxidation sites excluding steroid dienone is 1. The number of hydrogen-bond donors (Lipinski definition) is 4. The minimum atomic E-state index is -0.965. The number of Topliss-reactive ketones (excluding diaryl/α,β-unsaturated/α-hetero) is 1. The molecule has 6 heteroatoms. The number of unbranched alkanes of at least 4 members (excludes halogenated alkanes) is 3. The maximum absolute atomic E-state index is 12.2. The summed E-state index contributed by atoms with van der Waals surface area (Å²) in [6, 6.07) is 0. The highest BCUT2D eigenvalue weighted by atomic mass is 16.4. The van der Waals surface area contributed by atoms with Gasteiger partial charge in [-0.05, 0) is 25.7 Å². The molecule has 0 saturated heterocycles. The molecular formula is C21H34O6. The van der Waals surface area contributed by atoms with Crippen molar-refractivity contribution in [3.8, 4) is 0 Å².